The van der Waals surface area contributed by atoms with Crippen LogP contribution in [0.5, 0.6) is 0 Å². The molecule has 0 bridgehead atoms. The van der Waals surface area contributed by atoms with Crippen LogP contribution in [0, 0.1) is 24.0 Å². The van der Waals surface area contributed by atoms with Gasteiger partial charge in [0.1, 0.15) is 5.69 Å². The highest BCUT2D eigenvalue weighted by Crippen LogP contribution is 2.30. The van der Waals surface area contributed by atoms with Gasteiger partial charge in [0.15, 0.2) is 0 Å². The van der Waals surface area contributed by atoms with Crippen LogP contribution in [-0.2, 0) is 10.0 Å². The van der Waals surface area contributed by atoms with E-state index in [1.54, 1.807) is 6.21 Å². The predicted octanol–water partition coefficient (Wildman–Crippen LogP) is 3.44. The van der Waals surface area contributed by atoms with Crippen molar-refractivity contribution in [3.63, 3.8) is 0 Å². The maximum atomic E-state index is 12.6. The summed E-state index contributed by atoms with van der Waals surface area (Å²) in [7, 11) is -3.72. The fourth-order valence-electron chi connectivity index (χ4n) is 3.14. The zero-order chi connectivity index (χ0) is 20.3. The molecule has 1 fully saturated rings. The molecule has 2 aromatic rings. The lowest BCUT2D eigenvalue weighted by molar-refractivity contribution is -0.384. The van der Waals surface area contributed by atoms with E-state index in [0.29, 0.717) is 13.1 Å². The second-order valence-electron chi connectivity index (χ2n) is 6.78. The maximum absolute atomic E-state index is 12.6. The monoisotopic (exact) mass is 402 g/mol. The highest BCUT2D eigenvalue weighted by Gasteiger charge is 2.29. The van der Waals surface area contributed by atoms with Crippen LogP contribution in [0.25, 0.3) is 0 Å². The molecule has 0 amide bonds. The van der Waals surface area contributed by atoms with Crippen LogP contribution in [0.15, 0.2) is 46.4 Å². The van der Waals surface area contributed by atoms with Gasteiger partial charge in [0.05, 0.1) is 16.0 Å². The van der Waals surface area contributed by atoms with Gasteiger partial charge in [-0.2, -0.15) is 9.41 Å². The number of aryl methyl sites for hydroxylation is 2. The Morgan fingerprint density at radius 2 is 1.86 bits per heavy atom. The van der Waals surface area contributed by atoms with E-state index in [4.69, 9.17) is 0 Å². The van der Waals surface area contributed by atoms with E-state index in [9.17, 15) is 18.5 Å². The number of nitro benzene ring substituents is 1. The molecular weight excluding hydrogens is 380 g/mol. The van der Waals surface area contributed by atoms with Crippen molar-refractivity contribution in [3.8, 4) is 0 Å². The molecule has 1 aliphatic heterocycles. The molecule has 1 heterocycles. The average molecular weight is 402 g/mol. The average Bonchev–Trinajstić information content (AvgIpc) is 3.19. The third kappa shape index (κ3) is 4.20. The molecular formula is C19H22N4O4S. The first-order valence-corrected chi connectivity index (χ1v) is 10.4. The minimum absolute atomic E-state index is 0.0787. The molecule has 1 N–H and O–H groups in total. The van der Waals surface area contributed by atoms with Crippen molar-refractivity contribution in [1.29, 1.82) is 0 Å². The maximum Gasteiger partial charge on any atom is 0.295 e. The van der Waals surface area contributed by atoms with Gasteiger partial charge in [-0.15, -0.1) is 0 Å². The van der Waals surface area contributed by atoms with Crippen molar-refractivity contribution in [2.24, 2.45) is 5.10 Å². The SMILES string of the molecule is Cc1ccc(/C=N/Nc2ccc(S(=O)(=O)N3CCCC3)cc2[N+](=O)[O-])c(C)c1. The molecule has 1 aliphatic rings. The molecule has 9 heteroatoms. The number of sulfonamides is 1. The van der Waals surface area contributed by atoms with Crippen molar-refractivity contribution in [2.75, 3.05) is 18.5 Å². The number of benzene rings is 2. The number of hydrogen-bond donors (Lipinski definition) is 1. The Morgan fingerprint density at radius 3 is 2.50 bits per heavy atom. The number of nitrogens with zero attached hydrogens (tertiary/aromatic N) is 3. The first-order chi connectivity index (χ1) is 13.3. The van der Waals surface area contributed by atoms with Gasteiger partial charge in [0.2, 0.25) is 10.0 Å². The summed E-state index contributed by atoms with van der Waals surface area (Å²) in [5.74, 6) is 0. The van der Waals surface area contributed by atoms with Crippen LogP contribution < -0.4 is 5.43 Å². The Kier molecular flexibility index (Phi) is 5.76. The molecule has 2 aromatic carbocycles. The minimum Gasteiger partial charge on any atom is -0.272 e. The van der Waals surface area contributed by atoms with Crippen LogP contribution in [-0.4, -0.2) is 37.0 Å². The van der Waals surface area contributed by atoms with Crippen LogP contribution in [0.2, 0.25) is 0 Å². The lowest BCUT2D eigenvalue weighted by Gasteiger charge is -2.15. The van der Waals surface area contributed by atoms with E-state index >= 15 is 0 Å². The van der Waals surface area contributed by atoms with E-state index in [0.717, 1.165) is 35.6 Å². The van der Waals surface area contributed by atoms with Gasteiger partial charge >= 0.3 is 0 Å². The van der Waals surface area contributed by atoms with Crippen LogP contribution in [0.1, 0.15) is 29.5 Å². The van der Waals surface area contributed by atoms with E-state index in [2.05, 4.69) is 10.5 Å². The van der Waals surface area contributed by atoms with Crippen LogP contribution in [0.3, 0.4) is 0 Å². The van der Waals surface area contributed by atoms with E-state index in [1.807, 2.05) is 32.0 Å². The smallest absolute Gasteiger partial charge is 0.272 e. The van der Waals surface area contributed by atoms with Gasteiger partial charge in [0, 0.05) is 19.2 Å². The number of anilines is 1. The summed E-state index contributed by atoms with van der Waals surface area (Å²) >= 11 is 0. The Bertz CT molecular complexity index is 1030. The summed E-state index contributed by atoms with van der Waals surface area (Å²) < 4.78 is 26.6. The van der Waals surface area contributed by atoms with Crippen LogP contribution in [0.4, 0.5) is 11.4 Å². The fraction of sp³-hybridized carbons (Fsp3) is 0.316. The summed E-state index contributed by atoms with van der Waals surface area (Å²) in [6.45, 7) is 4.83. The Labute approximate surface area is 164 Å². The van der Waals surface area contributed by atoms with Gasteiger partial charge in [-0.25, -0.2) is 8.42 Å². The summed E-state index contributed by atoms with van der Waals surface area (Å²) in [6.07, 6.45) is 3.18. The van der Waals surface area contributed by atoms with E-state index in [1.165, 1.54) is 16.4 Å². The Morgan fingerprint density at radius 1 is 1.14 bits per heavy atom. The number of hydrazone groups is 1. The zero-order valence-corrected chi connectivity index (χ0v) is 16.6. The molecule has 0 atom stereocenters. The second kappa shape index (κ2) is 8.07. The van der Waals surface area contributed by atoms with Gasteiger partial charge < -0.3 is 0 Å². The van der Waals surface area contributed by atoms with E-state index < -0.39 is 14.9 Å². The number of rotatable bonds is 6. The highest BCUT2D eigenvalue weighted by molar-refractivity contribution is 7.89. The highest BCUT2D eigenvalue weighted by atomic mass is 32.2. The van der Waals surface area contributed by atoms with E-state index in [-0.39, 0.29) is 16.3 Å². The van der Waals surface area contributed by atoms with Crippen molar-refractivity contribution in [2.45, 2.75) is 31.6 Å². The molecule has 1 saturated heterocycles. The molecule has 0 aromatic heterocycles. The largest absolute Gasteiger partial charge is 0.295 e. The standard InChI is InChI=1S/C19H22N4O4S/c1-14-5-6-16(15(2)11-14)13-20-21-18-8-7-17(12-19(18)23(24)25)28(26,27)22-9-3-4-10-22/h5-8,11-13,21H,3-4,9-10H2,1-2H3/b20-13+. The Hall–Kier alpha value is -2.78. The second-order valence-corrected chi connectivity index (χ2v) is 8.72. The zero-order valence-electron chi connectivity index (χ0n) is 15.8. The first kappa shape index (κ1) is 20.0. The molecule has 0 radical (unpaired) electrons. The number of hydrogen-bond acceptors (Lipinski definition) is 6. The molecule has 8 nitrogen and oxygen atoms in total. The summed E-state index contributed by atoms with van der Waals surface area (Å²) in [4.78, 5) is 10.8. The van der Waals surface area contributed by atoms with Crippen molar-refractivity contribution in [3.05, 3.63) is 63.2 Å². The van der Waals surface area contributed by atoms with Gasteiger partial charge in [-0.1, -0.05) is 23.8 Å². The molecule has 28 heavy (non-hydrogen) atoms. The molecule has 0 spiro atoms. The minimum atomic E-state index is -3.72. The quantitative estimate of drug-likeness (QED) is 0.453. The molecule has 148 valence electrons. The third-order valence-corrected chi connectivity index (χ3v) is 6.58. The molecule has 0 unspecified atom stereocenters. The molecule has 0 saturated carbocycles. The lowest BCUT2D eigenvalue weighted by atomic mass is 10.1. The normalized spacial score (nSPS) is 15.2. The van der Waals surface area contributed by atoms with Crippen molar-refractivity contribution in [1.82, 2.24) is 4.31 Å². The molecule has 3 rings (SSSR count). The summed E-state index contributed by atoms with van der Waals surface area (Å²) in [5, 5.41) is 15.5. The van der Waals surface area contributed by atoms with Gasteiger partial charge in [-0.05, 0) is 49.9 Å². The summed E-state index contributed by atoms with van der Waals surface area (Å²) in [6, 6.07) is 9.71. The number of nitrogens with one attached hydrogen (secondary N) is 1. The predicted molar refractivity (Wildman–Crippen MR) is 108 cm³/mol. The first-order valence-electron chi connectivity index (χ1n) is 8.94. The fourth-order valence-corrected chi connectivity index (χ4v) is 4.67. The van der Waals surface area contributed by atoms with Crippen molar-refractivity contribution < 1.29 is 13.3 Å². The van der Waals surface area contributed by atoms with Gasteiger partial charge in [-0.3, -0.25) is 15.5 Å². The topological polar surface area (TPSA) is 105 Å². The van der Waals surface area contributed by atoms with Gasteiger partial charge in [0.25, 0.3) is 5.69 Å². The number of nitro groups is 1. The summed E-state index contributed by atoms with van der Waals surface area (Å²) in [5.41, 5.74) is 5.50. The third-order valence-electron chi connectivity index (χ3n) is 4.68. The lowest BCUT2D eigenvalue weighted by Crippen LogP contribution is -2.27. The van der Waals surface area contributed by atoms with Crippen molar-refractivity contribution >= 4 is 27.6 Å². The molecule has 0 aliphatic carbocycles. The Balaban J connectivity index is 1.85. The van der Waals surface area contributed by atoms with Crippen LogP contribution >= 0.6 is 0 Å².